The summed E-state index contributed by atoms with van der Waals surface area (Å²) in [6.07, 6.45) is 0. The van der Waals surface area contributed by atoms with Crippen LogP contribution >= 0.6 is 0 Å². The van der Waals surface area contributed by atoms with Crippen molar-refractivity contribution in [2.45, 2.75) is 0 Å². The van der Waals surface area contributed by atoms with E-state index in [1.807, 2.05) is 0 Å². The minimum absolute atomic E-state index is 0.0718. The fraction of sp³-hybridized carbons (Fsp3) is 0. The third-order valence-electron chi connectivity index (χ3n) is 0.700. The molecule has 0 aromatic carbocycles. The lowest BCUT2D eigenvalue weighted by Gasteiger charge is -1.65. The van der Waals surface area contributed by atoms with E-state index in [9.17, 15) is 0 Å². The summed E-state index contributed by atoms with van der Waals surface area (Å²) in [5.74, 6) is 0. The normalized spacial score (nSPS) is 7.78. The van der Waals surface area contributed by atoms with Gasteiger partial charge in [0.1, 0.15) is 12.1 Å². The number of nitriles is 2. The van der Waals surface area contributed by atoms with Crippen molar-refractivity contribution in [3.8, 4) is 12.1 Å². The molecule has 0 bridgehead atoms. The van der Waals surface area contributed by atoms with Gasteiger partial charge < -0.3 is 0 Å². The Morgan fingerprint density at radius 2 is 1.56 bits per heavy atom. The van der Waals surface area contributed by atoms with Crippen LogP contribution in [0.2, 0.25) is 0 Å². The Labute approximate surface area is 50.1 Å². The van der Waals surface area contributed by atoms with E-state index in [1.54, 1.807) is 12.1 Å². The van der Waals surface area contributed by atoms with Gasteiger partial charge in [0, 0.05) is 0 Å². The van der Waals surface area contributed by atoms with E-state index in [2.05, 4.69) is 14.9 Å². The zero-order chi connectivity index (χ0) is 6.69. The number of hydrogen-bond donors (Lipinski definition) is 0. The average Bonchev–Trinajstić information content (AvgIpc) is 2.33. The molecule has 5 heteroatoms. The zero-order valence-electron chi connectivity index (χ0n) is 4.20. The van der Waals surface area contributed by atoms with Gasteiger partial charge in [-0.15, -0.1) is 0 Å². The molecule has 0 aliphatic heterocycles. The van der Waals surface area contributed by atoms with Crippen LogP contribution in [0.5, 0.6) is 0 Å². The van der Waals surface area contributed by atoms with E-state index in [0.717, 1.165) is 0 Å². The molecule has 5 nitrogen and oxygen atoms in total. The fourth-order valence-electron chi connectivity index (χ4n) is 0.335. The molecule has 0 aliphatic carbocycles. The summed E-state index contributed by atoms with van der Waals surface area (Å²) in [4.78, 5) is 0. The minimum atomic E-state index is -0.0718. The number of hydrogen-bond acceptors (Lipinski definition) is 5. The summed E-state index contributed by atoms with van der Waals surface area (Å²) in [6, 6.07) is 3.27. The van der Waals surface area contributed by atoms with E-state index in [0.29, 0.717) is 0 Å². The Balaban J connectivity index is 3.22. The van der Waals surface area contributed by atoms with E-state index in [4.69, 9.17) is 10.5 Å². The summed E-state index contributed by atoms with van der Waals surface area (Å²) in [7, 11) is 0. The van der Waals surface area contributed by atoms with E-state index in [1.165, 1.54) is 0 Å². The van der Waals surface area contributed by atoms with Crippen molar-refractivity contribution in [3.05, 3.63) is 11.4 Å². The lowest BCUT2D eigenvalue weighted by molar-refractivity contribution is 0.305. The summed E-state index contributed by atoms with van der Waals surface area (Å²) in [6.45, 7) is 0. The van der Waals surface area contributed by atoms with Gasteiger partial charge in [-0.05, 0) is 10.3 Å². The van der Waals surface area contributed by atoms with E-state index < -0.39 is 0 Å². The van der Waals surface area contributed by atoms with Crippen LogP contribution in [0, 0.1) is 22.7 Å². The first-order valence-electron chi connectivity index (χ1n) is 2.01. The number of rotatable bonds is 0. The van der Waals surface area contributed by atoms with Crippen molar-refractivity contribution in [1.29, 1.82) is 10.5 Å². The molecule has 1 aromatic rings. The molecular formula is C4N4O. The first-order chi connectivity index (χ1) is 4.38. The Morgan fingerprint density at radius 3 is 1.89 bits per heavy atom. The van der Waals surface area contributed by atoms with E-state index in [-0.39, 0.29) is 11.4 Å². The number of aromatic nitrogens is 2. The van der Waals surface area contributed by atoms with Gasteiger partial charge >= 0.3 is 0 Å². The van der Waals surface area contributed by atoms with Crippen LogP contribution in [0.4, 0.5) is 0 Å². The molecule has 0 radical (unpaired) electrons. The second kappa shape index (κ2) is 1.93. The molecule has 9 heavy (non-hydrogen) atoms. The minimum Gasteiger partial charge on any atom is -0.242 e. The second-order valence-corrected chi connectivity index (χ2v) is 1.19. The van der Waals surface area contributed by atoms with Crippen LogP contribution < -0.4 is 0 Å². The molecule has 0 aliphatic rings. The third-order valence-corrected chi connectivity index (χ3v) is 0.700. The second-order valence-electron chi connectivity index (χ2n) is 1.19. The lowest BCUT2D eigenvalue weighted by Crippen LogP contribution is -1.77. The largest absolute Gasteiger partial charge is 0.242 e. The number of nitrogens with zero attached hydrogens (tertiary/aromatic N) is 4. The summed E-state index contributed by atoms with van der Waals surface area (Å²) in [5.41, 5.74) is -0.144. The molecule has 42 valence electrons. The first-order valence-corrected chi connectivity index (χ1v) is 2.01. The summed E-state index contributed by atoms with van der Waals surface area (Å²) >= 11 is 0. The molecule has 1 aromatic heterocycles. The van der Waals surface area contributed by atoms with Crippen molar-refractivity contribution in [3.63, 3.8) is 0 Å². The maximum Gasteiger partial charge on any atom is 0.222 e. The third kappa shape index (κ3) is 0.707. The highest BCUT2D eigenvalue weighted by atomic mass is 16.6. The van der Waals surface area contributed by atoms with Crippen LogP contribution in [-0.2, 0) is 0 Å². The highest BCUT2D eigenvalue weighted by molar-refractivity contribution is 5.32. The lowest BCUT2D eigenvalue weighted by atomic mass is 10.4. The maximum absolute atomic E-state index is 8.17. The summed E-state index contributed by atoms with van der Waals surface area (Å²) in [5, 5.41) is 22.6. The fourth-order valence-corrected chi connectivity index (χ4v) is 0.335. The SMILES string of the molecule is N#Cc1nonc1C#N. The van der Waals surface area contributed by atoms with Crippen molar-refractivity contribution in [2.75, 3.05) is 0 Å². The quantitative estimate of drug-likeness (QED) is 0.473. The maximum atomic E-state index is 8.17. The Bertz CT molecular complexity index is 260. The smallest absolute Gasteiger partial charge is 0.222 e. The highest BCUT2D eigenvalue weighted by Gasteiger charge is 2.05. The standard InChI is InChI=1S/C4N4O/c5-1-3-4(2-6)8-9-7-3. The van der Waals surface area contributed by atoms with Gasteiger partial charge in [-0.3, -0.25) is 0 Å². The van der Waals surface area contributed by atoms with Gasteiger partial charge in [0.05, 0.1) is 0 Å². The van der Waals surface area contributed by atoms with Gasteiger partial charge in [-0.1, -0.05) is 0 Å². The predicted molar refractivity (Wildman–Crippen MR) is 23.7 cm³/mol. The topological polar surface area (TPSA) is 86.5 Å². The molecule has 0 saturated carbocycles. The van der Waals surface area contributed by atoms with Crippen molar-refractivity contribution < 1.29 is 4.63 Å². The van der Waals surface area contributed by atoms with Gasteiger partial charge in [-0.25, -0.2) is 4.63 Å². The summed E-state index contributed by atoms with van der Waals surface area (Å²) < 4.78 is 4.08. The zero-order valence-corrected chi connectivity index (χ0v) is 4.20. The molecule has 0 atom stereocenters. The molecule has 0 unspecified atom stereocenters. The van der Waals surface area contributed by atoms with E-state index >= 15 is 0 Å². The van der Waals surface area contributed by atoms with Crippen molar-refractivity contribution in [1.82, 2.24) is 10.3 Å². The van der Waals surface area contributed by atoms with Crippen LogP contribution in [0.25, 0.3) is 0 Å². The van der Waals surface area contributed by atoms with Crippen molar-refractivity contribution >= 4 is 0 Å². The van der Waals surface area contributed by atoms with Gasteiger partial charge in [0.15, 0.2) is 0 Å². The predicted octanol–water partition coefficient (Wildman–Crippen LogP) is -0.187. The molecule has 0 fully saturated rings. The molecule has 0 amide bonds. The van der Waals surface area contributed by atoms with Crippen LogP contribution in [0.1, 0.15) is 11.4 Å². The molecular weight excluding hydrogens is 120 g/mol. The molecule has 0 spiro atoms. The molecule has 1 heterocycles. The van der Waals surface area contributed by atoms with Crippen LogP contribution in [0.15, 0.2) is 4.63 Å². The van der Waals surface area contributed by atoms with Gasteiger partial charge in [0.25, 0.3) is 0 Å². The molecule has 1 rings (SSSR count). The van der Waals surface area contributed by atoms with Gasteiger partial charge in [0.2, 0.25) is 11.4 Å². The average molecular weight is 120 g/mol. The van der Waals surface area contributed by atoms with Crippen LogP contribution in [0.3, 0.4) is 0 Å². The highest BCUT2D eigenvalue weighted by Crippen LogP contribution is 1.95. The first kappa shape index (κ1) is 5.26. The Hall–Kier alpha value is -1.88. The Kier molecular flexibility index (Phi) is 1.13. The molecule has 0 N–H and O–H groups in total. The Morgan fingerprint density at radius 1 is 1.11 bits per heavy atom. The van der Waals surface area contributed by atoms with Crippen LogP contribution in [-0.4, -0.2) is 10.3 Å². The van der Waals surface area contributed by atoms with Gasteiger partial charge in [-0.2, -0.15) is 10.5 Å². The molecule has 0 saturated heterocycles. The monoisotopic (exact) mass is 120 g/mol. The van der Waals surface area contributed by atoms with Crippen molar-refractivity contribution in [2.24, 2.45) is 0 Å².